The predicted octanol–water partition coefficient (Wildman–Crippen LogP) is 5.14. The fourth-order valence-electron chi connectivity index (χ4n) is 2.73. The van der Waals surface area contributed by atoms with Crippen LogP contribution in [0.25, 0.3) is 0 Å². The highest BCUT2D eigenvalue weighted by atomic mass is 32.1. The van der Waals surface area contributed by atoms with E-state index in [1.165, 1.54) is 16.9 Å². The fourth-order valence-corrected chi connectivity index (χ4v) is 3.43. The molecule has 5 heteroatoms. The van der Waals surface area contributed by atoms with Crippen molar-refractivity contribution >= 4 is 22.9 Å². The summed E-state index contributed by atoms with van der Waals surface area (Å²) in [5, 5.41) is 5.76. The average molecular weight is 381 g/mol. The van der Waals surface area contributed by atoms with Crippen molar-refractivity contribution in [3.63, 3.8) is 0 Å². The number of carbonyl (C=O) groups is 1. The smallest absolute Gasteiger partial charge is 0.230 e. The van der Waals surface area contributed by atoms with Crippen LogP contribution in [0.1, 0.15) is 33.0 Å². The number of hydrogen-bond acceptors (Lipinski definition) is 4. The fraction of sp³-hybridized carbons (Fsp3) is 0.273. The molecule has 3 aromatic rings. The van der Waals surface area contributed by atoms with Gasteiger partial charge in [0.1, 0.15) is 17.4 Å². The second-order valence-corrected chi connectivity index (χ2v) is 7.78. The van der Waals surface area contributed by atoms with Crippen molar-refractivity contribution in [3.8, 4) is 5.75 Å². The standard InChI is InChI=1S/C22H24N2O2S/c1-14-5-7-16(3)19(9-14)24-21(25)11-18-13-27-22(23-18)12-26-20-10-15(2)6-8-17(20)4/h5-10,13H,11-12H2,1-4H3,(H,24,25). The number of hydrogen-bond donors (Lipinski definition) is 1. The van der Waals surface area contributed by atoms with Gasteiger partial charge >= 0.3 is 0 Å². The Morgan fingerprint density at radius 2 is 1.74 bits per heavy atom. The summed E-state index contributed by atoms with van der Waals surface area (Å²) in [4.78, 5) is 16.9. The maximum Gasteiger partial charge on any atom is 0.230 e. The van der Waals surface area contributed by atoms with E-state index in [2.05, 4.69) is 22.4 Å². The molecular formula is C22H24N2O2S. The molecule has 0 fully saturated rings. The van der Waals surface area contributed by atoms with E-state index in [1.54, 1.807) is 0 Å². The molecule has 0 saturated carbocycles. The first-order valence-corrected chi connectivity index (χ1v) is 9.79. The molecule has 27 heavy (non-hydrogen) atoms. The first-order valence-electron chi connectivity index (χ1n) is 8.91. The largest absolute Gasteiger partial charge is 0.486 e. The van der Waals surface area contributed by atoms with Gasteiger partial charge in [-0.1, -0.05) is 24.3 Å². The summed E-state index contributed by atoms with van der Waals surface area (Å²) in [6.07, 6.45) is 0.257. The van der Waals surface area contributed by atoms with Crippen LogP contribution >= 0.6 is 11.3 Å². The van der Waals surface area contributed by atoms with E-state index in [1.807, 2.05) is 57.3 Å². The Kier molecular flexibility index (Phi) is 5.91. The molecule has 140 valence electrons. The number of anilines is 1. The summed E-state index contributed by atoms with van der Waals surface area (Å²) in [7, 11) is 0. The van der Waals surface area contributed by atoms with Crippen molar-refractivity contribution in [1.82, 2.24) is 4.98 Å². The van der Waals surface area contributed by atoms with Crippen LogP contribution in [0.3, 0.4) is 0 Å². The molecule has 4 nitrogen and oxygen atoms in total. The zero-order chi connectivity index (χ0) is 19.4. The van der Waals surface area contributed by atoms with Gasteiger partial charge in [-0.05, 0) is 62.1 Å². The first kappa shape index (κ1) is 19.1. The van der Waals surface area contributed by atoms with Crippen molar-refractivity contribution in [2.45, 2.75) is 40.7 Å². The Labute approximate surface area is 164 Å². The number of carbonyl (C=O) groups excluding carboxylic acids is 1. The quantitative estimate of drug-likeness (QED) is 0.644. The summed E-state index contributed by atoms with van der Waals surface area (Å²) >= 11 is 1.52. The zero-order valence-corrected chi connectivity index (χ0v) is 16.9. The summed E-state index contributed by atoms with van der Waals surface area (Å²) in [6.45, 7) is 8.48. The molecule has 3 rings (SSSR count). The minimum atomic E-state index is -0.0593. The lowest BCUT2D eigenvalue weighted by molar-refractivity contribution is -0.115. The normalized spacial score (nSPS) is 10.7. The second-order valence-electron chi connectivity index (χ2n) is 6.83. The maximum absolute atomic E-state index is 12.3. The number of nitrogens with zero attached hydrogens (tertiary/aromatic N) is 1. The first-order chi connectivity index (χ1) is 12.9. The number of nitrogens with one attached hydrogen (secondary N) is 1. The Bertz CT molecular complexity index is 963. The SMILES string of the molecule is Cc1ccc(C)c(NC(=O)Cc2csc(COc3cc(C)ccc3C)n2)c1. The lowest BCUT2D eigenvalue weighted by atomic mass is 10.1. The van der Waals surface area contributed by atoms with Crippen molar-refractivity contribution in [1.29, 1.82) is 0 Å². The molecule has 0 saturated heterocycles. The van der Waals surface area contributed by atoms with Crippen molar-refractivity contribution in [2.24, 2.45) is 0 Å². The van der Waals surface area contributed by atoms with Crippen LogP contribution in [0.4, 0.5) is 5.69 Å². The number of aryl methyl sites for hydroxylation is 4. The topological polar surface area (TPSA) is 51.2 Å². The van der Waals surface area contributed by atoms with E-state index < -0.39 is 0 Å². The molecule has 0 unspecified atom stereocenters. The van der Waals surface area contributed by atoms with Crippen molar-refractivity contribution < 1.29 is 9.53 Å². The highest BCUT2D eigenvalue weighted by Crippen LogP contribution is 2.22. The molecule has 0 spiro atoms. The van der Waals surface area contributed by atoms with Gasteiger partial charge in [-0.15, -0.1) is 11.3 Å². The monoisotopic (exact) mass is 380 g/mol. The van der Waals surface area contributed by atoms with Gasteiger partial charge in [0.15, 0.2) is 0 Å². The van der Waals surface area contributed by atoms with Crippen LogP contribution in [0.2, 0.25) is 0 Å². The summed E-state index contributed by atoms with van der Waals surface area (Å²) in [6, 6.07) is 12.2. The van der Waals surface area contributed by atoms with Crippen LogP contribution in [0.15, 0.2) is 41.8 Å². The van der Waals surface area contributed by atoms with Crippen molar-refractivity contribution in [3.05, 3.63) is 74.7 Å². The number of thiazole rings is 1. The van der Waals surface area contributed by atoms with Gasteiger partial charge in [-0.2, -0.15) is 0 Å². The highest BCUT2D eigenvalue weighted by molar-refractivity contribution is 7.09. The number of amides is 1. The minimum absolute atomic E-state index is 0.0593. The molecule has 0 bridgehead atoms. The lowest BCUT2D eigenvalue weighted by Gasteiger charge is -2.09. The van der Waals surface area contributed by atoms with Gasteiger partial charge in [0.05, 0.1) is 12.1 Å². The van der Waals surface area contributed by atoms with Crippen LogP contribution < -0.4 is 10.1 Å². The molecule has 0 aliphatic heterocycles. The molecule has 0 aliphatic carbocycles. The van der Waals surface area contributed by atoms with E-state index in [0.29, 0.717) is 6.61 Å². The third-order valence-corrected chi connectivity index (χ3v) is 5.17. The van der Waals surface area contributed by atoms with Crippen molar-refractivity contribution in [2.75, 3.05) is 5.32 Å². The third-order valence-electron chi connectivity index (χ3n) is 4.30. The Balaban J connectivity index is 1.58. The Morgan fingerprint density at radius 1 is 1.04 bits per heavy atom. The molecule has 0 aliphatic rings. The third kappa shape index (κ3) is 5.17. The average Bonchev–Trinajstić information content (AvgIpc) is 3.06. The van der Waals surface area contributed by atoms with Gasteiger partial charge in [0, 0.05) is 11.1 Å². The zero-order valence-electron chi connectivity index (χ0n) is 16.1. The molecule has 0 radical (unpaired) electrons. The maximum atomic E-state index is 12.3. The van der Waals surface area contributed by atoms with E-state index in [9.17, 15) is 4.79 Å². The van der Waals surface area contributed by atoms with E-state index in [0.717, 1.165) is 38.8 Å². The number of aromatic nitrogens is 1. The van der Waals surface area contributed by atoms with Gasteiger partial charge in [0.2, 0.25) is 5.91 Å². The summed E-state index contributed by atoms with van der Waals surface area (Å²) in [5.41, 5.74) is 6.06. The molecule has 2 aromatic carbocycles. The van der Waals surface area contributed by atoms with Gasteiger partial charge in [-0.25, -0.2) is 4.98 Å². The van der Waals surface area contributed by atoms with E-state index in [4.69, 9.17) is 4.74 Å². The molecular weight excluding hydrogens is 356 g/mol. The number of rotatable bonds is 6. The van der Waals surface area contributed by atoms with E-state index in [-0.39, 0.29) is 12.3 Å². The van der Waals surface area contributed by atoms with Gasteiger partial charge in [-0.3, -0.25) is 4.79 Å². The Hall–Kier alpha value is -2.66. The number of ether oxygens (including phenoxy) is 1. The lowest BCUT2D eigenvalue weighted by Crippen LogP contribution is -2.15. The van der Waals surface area contributed by atoms with Crippen LogP contribution in [0, 0.1) is 27.7 Å². The summed E-state index contributed by atoms with van der Waals surface area (Å²) < 4.78 is 5.89. The highest BCUT2D eigenvalue weighted by Gasteiger charge is 2.10. The summed E-state index contributed by atoms with van der Waals surface area (Å²) in [5.74, 6) is 0.815. The predicted molar refractivity (Wildman–Crippen MR) is 111 cm³/mol. The van der Waals surface area contributed by atoms with Gasteiger partial charge < -0.3 is 10.1 Å². The van der Waals surface area contributed by atoms with Crippen LogP contribution in [-0.2, 0) is 17.8 Å². The van der Waals surface area contributed by atoms with Crippen LogP contribution in [-0.4, -0.2) is 10.9 Å². The second kappa shape index (κ2) is 8.35. The minimum Gasteiger partial charge on any atom is -0.486 e. The molecule has 1 heterocycles. The van der Waals surface area contributed by atoms with E-state index >= 15 is 0 Å². The molecule has 0 atom stereocenters. The Morgan fingerprint density at radius 3 is 2.52 bits per heavy atom. The number of benzene rings is 2. The molecule has 1 amide bonds. The molecule has 1 N–H and O–H groups in total. The van der Waals surface area contributed by atoms with Crippen LogP contribution in [0.5, 0.6) is 5.75 Å². The van der Waals surface area contributed by atoms with Gasteiger partial charge in [0.25, 0.3) is 0 Å². The molecule has 1 aromatic heterocycles.